The topological polar surface area (TPSA) is 16.1 Å². The average Bonchev–Trinajstić information content (AvgIpc) is 2.62. The van der Waals surface area contributed by atoms with E-state index in [0.29, 0.717) is 0 Å². The van der Waals surface area contributed by atoms with Crippen molar-refractivity contribution in [3.8, 4) is 0 Å². The predicted molar refractivity (Wildman–Crippen MR) is 81.1 cm³/mol. The Morgan fingerprint density at radius 3 is 2.37 bits per heavy atom. The molecule has 1 aromatic heterocycles. The van der Waals surface area contributed by atoms with Crippen molar-refractivity contribution in [2.24, 2.45) is 0 Å². The van der Waals surface area contributed by atoms with Gasteiger partial charge in [0.05, 0.1) is 0 Å². The molecule has 1 aliphatic heterocycles. The highest BCUT2D eigenvalue weighted by atomic mass is 79.9. The molecular formula is C16H17BrN2. The van der Waals surface area contributed by atoms with Crippen molar-refractivity contribution >= 4 is 15.9 Å². The predicted octanol–water partition coefficient (Wildman–Crippen LogP) is 3.44. The lowest BCUT2D eigenvalue weighted by Gasteiger charge is -2.19. The summed E-state index contributed by atoms with van der Waals surface area (Å²) in [7, 11) is 0. The molecule has 1 aliphatic rings. The Morgan fingerprint density at radius 2 is 1.74 bits per heavy atom. The second-order valence-corrected chi connectivity index (χ2v) is 5.97. The van der Waals surface area contributed by atoms with Gasteiger partial charge in [-0.3, -0.25) is 9.88 Å². The summed E-state index contributed by atoms with van der Waals surface area (Å²) in [4.78, 5) is 6.76. The molecule has 3 heteroatoms. The fraction of sp³-hybridized carbons (Fsp3) is 0.312. The minimum absolute atomic E-state index is 0.987. The minimum Gasteiger partial charge on any atom is -0.298 e. The number of hydrogen-bond acceptors (Lipinski definition) is 2. The minimum atomic E-state index is 0.987. The first-order valence-electron chi connectivity index (χ1n) is 6.70. The van der Waals surface area contributed by atoms with E-state index < -0.39 is 0 Å². The number of aromatic nitrogens is 1. The van der Waals surface area contributed by atoms with Gasteiger partial charge < -0.3 is 0 Å². The lowest BCUT2D eigenvalue weighted by atomic mass is 10.0. The molecule has 0 bridgehead atoms. The Balaban J connectivity index is 1.69. The van der Waals surface area contributed by atoms with E-state index in [-0.39, 0.29) is 0 Å². The SMILES string of the molecule is Brc1cncc(CN2CCc3ccccc3CC2)c1. The van der Waals surface area contributed by atoms with Crippen molar-refractivity contribution in [2.45, 2.75) is 19.4 Å². The summed E-state index contributed by atoms with van der Waals surface area (Å²) in [5, 5.41) is 0. The Hall–Kier alpha value is -1.19. The molecule has 0 spiro atoms. The van der Waals surface area contributed by atoms with E-state index in [1.807, 2.05) is 12.4 Å². The second-order valence-electron chi connectivity index (χ2n) is 5.06. The first-order chi connectivity index (χ1) is 9.31. The maximum absolute atomic E-state index is 4.24. The van der Waals surface area contributed by atoms with Gasteiger partial charge in [0.2, 0.25) is 0 Å². The van der Waals surface area contributed by atoms with Gasteiger partial charge in [-0.1, -0.05) is 24.3 Å². The van der Waals surface area contributed by atoms with Gasteiger partial charge in [0.25, 0.3) is 0 Å². The maximum atomic E-state index is 4.24. The zero-order chi connectivity index (χ0) is 13.1. The lowest BCUT2D eigenvalue weighted by Crippen LogP contribution is -2.25. The number of rotatable bonds is 2. The molecule has 0 atom stereocenters. The molecule has 0 fully saturated rings. The third-order valence-corrected chi connectivity index (χ3v) is 4.11. The summed E-state index contributed by atoms with van der Waals surface area (Å²) < 4.78 is 1.06. The first kappa shape index (κ1) is 12.8. The molecule has 0 aliphatic carbocycles. The highest BCUT2D eigenvalue weighted by Crippen LogP contribution is 2.18. The smallest absolute Gasteiger partial charge is 0.0410 e. The fourth-order valence-corrected chi connectivity index (χ4v) is 3.09. The molecule has 0 amide bonds. The molecule has 0 unspecified atom stereocenters. The summed E-state index contributed by atoms with van der Waals surface area (Å²) in [5.41, 5.74) is 4.30. The lowest BCUT2D eigenvalue weighted by molar-refractivity contribution is 0.279. The standard InChI is InChI=1S/C16H17BrN2/c17-16-9-13(10-18-11-16)12-19-7-5-14-3-1-2-4-15(14)6-8-19/h1-4,9-11H,5-8,12H2. The maximum Gasteiger partial charge on any atom is 0.0410 e. The largest absolute Gasteiger partial charge is 0.298 e. The summed E-state index contributed by atoms with van der Waals surface area (Å²) in [6, 6.07) is 11.0. The number of nitrogens with zero attached hydrogens (tertiary/aromatic N) is 2. The van der Waals surface area contributed by atoms with E-state index >= 15 is 0 Å². The second kappa shape index (κ2) is 5.85. The van der Waals surface area contributed by atoms with Gasteiger partial charge in [-0.25, -0.2) is 0 Å². The van der Waals surface area contributed by atoms with Crippen LogP contribution in [0.2, 0.25) is 0 Å². The summed E-state index contributed by atoms with van der Waals surface area (Å²) in [6.07, 6.45) is 6.10. The monoisotopic (exact) mass is 316 g/mol. The quantitative estimate of drug-likeness (QED) is 0.843. The molecule has 98 valence electrons. The van der Waals surface area contributed by atoms with Gasteiger partial charge in [0, 0.05) is 36.5 Å². The number of fused-ring (bicyclic) bond motifs is 1. The van der Waals surface area contributed by atoms with Gasteiger partial charge in [0.15, 0.2) is 0 Å². The van der Waals surface area contributed by atoms with Crippen LogP contribution in [-0.4, -0.2) is 23.0 Å². The molecule has 0 N–H and O–H groups in total. The van der Waals surface area contributed by atoms with Gasteiger partial charge in [-0.15, -0.1) is 0 Å². The number of halogens is 1. The Kier molecular flexibility index (Phi) is 3.95. The molecule has 3 rings (SSSR count). The van der Waals surface area contributed by atoms with Crippen LogP contribution in [0.3, 0.4) is 0 Å². The summed E-state index contributed by atoms with van der Waals surface area (Å²) in [5.74, 6) is 0. The molecule has 1 aromatic carbocycles. The van der Waals surface area contributed by atoms with Crippen molar-refractivity contribution in [3.63, 3.8) is 0 Å². The molecule has 2 aromatic rings. The van der Waals surface area contributed by atoms with Gasteiger partial charge >= 0.3 is 0 Å². The van der Waals surface area contributed by atoms with Crippen LogP contribution in [0.5, 0.6) is 0 Å². The highest BCUT2D eigenvalue weighted by molar-refractivity contribution is 9.10. The zero-order valence-electron chi connectivity index (χ0n) is 10.8. The number of benzene rings is 1. The van der Waals surface area contributed by atoms with E-state index in [1.54, 1.807) is 0 Å². The Labute approximate surface area is 122 Å². The van der Waals surface area contributed by atoms with Crippen molar-refractivity contribution in [1.29, 1.82) is 0 Å². The van der Waals surface area contributed by atoms with Crippen LogP contribution in [0.1, 0.15) is 16.7 Å². The van der Waals surface area contributed by atoms with Crippen LogP contribution in [0.4, 0.5) is 0 Å². The van der Waals surface area contributed by atoms with Gasteiger partial charge in [-0.2, -0.15) is 0 Å². The third kappa shape index (κ3) is 3.23. The van der Waals surface area contributed by atoms with Crippen LogP contribution in [0, 0.1) is 0 Å². The van der Waals surface area contributed by atoms with Crippen LogP contribution >= 0.6 is 15.9 Å². The molecule has 2 nitrogen and oxygen atoms in total. The molecule has 0 saturated carbocycles. The van der Waals surface area contributed by atoms with Crippen molar-refractivity contribution in [1.82, 2.24) is 9.88 Å². The van der Waals surface area contributed by atoms with E-state index in [9.17, 15) is 0 Å². The summed E-state index contributed by atoms with van der Waals surface area (Å²) in [6.45, 7) is 3.24. The average molecular weight is 317 g/mol. The van der Waals surface area contributed by atoms with Crippen LogP contribution in [0.25, 0.3) is 0 Å². The zero-order valence-corrected chi connectivity index (χ0v) is 12.4. The Morgan fingerprint density at radius 1 is 1.05 bits per heavy atom. The van der Waals surface area contributed by atoms with Crippen molar-refractivity contribution < 1.29 is 0 Å². The van der Waals surface area contributed by atoms with E-state index in [2.05, 4.69) is 56.1 Å². The third-order valence-electron chi connectivity index (χ3n) is 3.68. The Bertz CT molecular complexity index is 541. The fourth-order valence-electron chi connectivity index (χ4n) is 2.67. The number of hydrogen-bond donors (Lipinski definition) is 0. The van der Waals surface area contributed by atoms with Crippen LogP contribution < -0.4 is 0 Å². The molecule has 2 heterocycles. The van der Waals surface area contributed by atoms with Crippen molar-refractivity contribution in [3.05, 3.63) is 63.9 Å². The number of pyridine rings is 1. The normalized spacial score (nSPS) is 15.8. The van der Waals surface area contributed by atoms with E-state index in [0.717, 1.165) is 36.9 Å². The molecule has 0 radical (unpaired) electrons. The highest BCUT2D eigenvalue weighted by Gasteiger charge is 2.13. The van der Waals surface area contributed by atoms with Gasteiger partial charge in [-0.05, 0) is 51.5 Å². The van der Waals surface area contributed by atoms with Crippen LogP contribution in [0.15, 0.2) is 47.2 Å². The van der Waals surface area contributed by atoms with Crippen LogP contribution in [-0.2, 0) is 19.4 Å². The molecule has 19 heavy (non-hydrogen) atoms. The first-order valence-corrected chi connectivity index (χ1v) is 7.49. The molecule has 0 saturated heterocycles. The van der Waals surface area contributed by atoms with E-state index in [1.165, 1.54) is 16.7 Å². The van der Waals surface area contributed by atoms with Crippen molar-refractivity contribution in [2.75, 3.05) is 13.1 Å². The van der Waals surface area contributed by atoms with Gasteiger partial charge in [0.1, 0.15) is 0 Å². The molecular weight excluding hydrogens is 300 g/mol. The van der Waals surface area contributed by atoms with E-state index in [4.69, 9.17) is 0 Å². The summed E-state index contributed by atoms with van der Waals surface area (Å²) >= 11 is 3.48.